The number of rotatable bonds is 3. The minimum absolute atomic E-state index is 0.390. The largest absolute Gasteiger partial charge is 0.497 e. The van der Waals surface area contributed by atoms with Crippen LogP contribution in [0.1, 0.15) is 47.5 Å². The summed E-state index contributed by atoms with van der Waals surface area (Å²) in [6.45, 7) is 0. The molecule has 3 heteroatoms. The molecule has 0 aromatic heterocycles. The van der Waals surface area contributed by atoms with Gasteiger partial charge < -0.3 is 9.84 Å². The molecule has 0 bridgehead atoms. The van der Waals surface area contributed by atoms with Crippen molar-refractivity contribution in [3.05, 3.63) is 29.3 Å². The minimum Gasteiger partial charge on any atom is -0.497 e. The molecule has 0 saturated heterocycles. The van der Waals surface area contributed by atoms with Gasteiger partial charge in [-0.05, 0) is 42.5 Å². The van der Waals surface area contributed by atoms with Crippen molar-refractivity contribution < 1.29 is 14.6 Å². The van der Waals surface area contributed by atoms with E-state index in [9.17, 15) is 4.79 Å². The highest BCUT2D eigenvalue weighted by Gasteiger charge is 2.22. The third kappa shape index (κ3) is 2.03. The van der Waals surface area contributed by atoms with Gasteiger partial charge in [0, 0.05) is 0 Å². The van der Waals surface area contributed by atoms with Crippen LogP contribution in [0.4, 0.5) is 0 Å². The van der Waals surface area contributed by atoms with Gasteiger partial charge in [-0.1, -0.05) is 12.8 Å². The number of benzene rings is 1. The molecule has 1 aliphatic rings. The lowest BCUT2D eigenvalue weighted by molar-refractivity contribution is 0.0695. The van der Waals surface area contributed by atoms with Crippen LogP contribution in [0.5, 0.6) is 5.75 Å². The van der Waals surface area contributed by atoms with Crippen molar-refractivity contribution in [2.75, 3.05) is 7.11 Å². The molecule has 86 valence electrons. The van der Waals surface area contributed by atoms with Gasteiger partial charge in [0.25, 0.3) is 0 Å². The van der Waals surface area contributed by atoms with Crippen molar-refractivity contribution in [3.63, 3.8) is 0 Å². The Labute approximate surface area is 95.0 Å². The maximum atomic E-state index is 11.1. The second kappa shape index (κ2) is 4.56. The fraction of sp³-hybridized carbons (Fsp3) is 0.462. The van der Waals surface area contributed by atoms with Crippen LogP contribution in [0.3, 0.4) is 0 Å². The van der Waals surface area contributed by atoms with E-state index in [0.717, 1.165) is 24.2 Å². The Morgan fingerprint density at radius 3 is 2.62 bits per heavy atom. The molecule has 0 radical (unpaired) electrons. The van der Waals surface area contributed by atoms with Crippen LogP contribution in [-0.4, -0.2) is 18.2 Å². The molecule has 0 spiro atoms. The molecule has 1 aliphatic carbocycles. The van der Waals surface area contributed by atoms with E-state index in [-0.39, 0.29) is 0 Å². The molecule has 0 amide bonds. The molecule has 1 fully saturated rings. The standard InChI is InChI=1S/C13H16O3/c1-16-10-6-7-11(13(14)15)12(8-10)9-4-2-3-5-9/h6-9H,2-5H2,1H3,(H,14,15). The summed E-state index contributed by atoms with van der Waals surface area (Å²) in [5, 5.41) is 9.15. The van der Waals surface area contributed by atoms with E-state index in [1.54, 1.807) is 19.2 Å². The first-order chi connectivity index (χ1) is 7.72. The summed E-state index contributed by atoms with van der Waals surface area (Å²) in [6.07, 6.45) is 4.57. The van der Waals surface area contributed by atoms with E-state index in [0.29, 0.717) is 11.5 Å². The number of carboxylic acid groups (broad SMARTS) is 1. The van der Waals surface area contributed by atoms with Crippen molar-refractivity contribution in [1.82, 2.24) is 0 Å². The number of hydrogen-bond acceptors (Lipinski definition) is 2. The van der Waals surface area contributed by atoms with Crippen molar-refractivity contribution in [3.8, 4) is 5.75 Å². The van der Waals surface area contributed by atoms with Gasteiger partial charge in [-0.2, -0.15) is 0 Å². The Morgan fingerprint density at radius 1 is 1.38 bits per heavy atom. The fourth-order valence-corrected chi connectivity index (χ4v) is 2.44. The molecule has 0 atom stereocenters. The molecular formula is C13H16O3. The SMILES string of the molecule is COc1ccc(C(=O)O)c(C2CCCC2)c1. The molecule has 0 heterocycles. The second-order valence-corrected chi connectivity index (χ2v) is 4.24. The first-order valence-corrected chi connectivity index (χ1v) is 5.63. The normalized spacial score (nSPS) is 16.3. The van der Waals surface area contributed by atoms with Crippen molar-refractivity contribution in [2.45, 2.75) is 31.6 Å². The first-order valence-electron chi connectivity index (χ1n) is 5.63. The number of ether oxygens (including phenoxy) is 1. The van der Waals surface area contributed by atoms with Gasteiger partial charge in [0.05, 0.1) is 12.7 Å². The Balaban J connectivity index is 2.40. The zero-order valence-electron chi connectivity index (χ0n) is 9.40. The summed E-state index contributed by atoms with van der Waals surface area (Å²) in [5.74, 6) is 0.289. The molecule has 1 saturated carbocycles. The number of hydrogen-bond donors (Lipinski definition) is 1. The van der Waals surface area contributed by atoms with E-state index >= 15 is 0 Å². The van der Waals surface area contributed by atoms with Crippen molar-refractivity contribution in [1.29, 1.82) is 0 Å². The molecule has 16 heavy (non-hydrogen) atoms. The Morgan fingerprint density at radius 2 is 2.06 bits per heavy atom. The maximum Gasteiger partial charge on any atom is 0.335 e. The Hall–Kier alpha value is -1.51. The summed E-state index contributed by atoms with van der Waals surface area (Å²) < 4.78 is 5.16. The lowest BCUT2D eigenvalue weighted by atomic mass is 9.92. The molecule has 0 aliphatic heterocycles. The molecule has 1 N–H and O–H groups in total. The summed E-state index contributed by atoms with van der Waals surface area (Å²) >= 11 is 0. The minimum atomic E-state index is -0.843. The highest BCUT2D eigenvalue weighted by molar-refractivity contribution is 5.89. The Kier molecular flexibility index (Phi) is 3.13. The van der Waals surface area contributed by atoms with Crippen LogP contribution in [0.2, 0.25) is 0 Å². The molecule has 1 aromatic rings. The zero-order valence-corrected chi connectivity index (χ0v) is 9.40. The predicted molar refractivity (Wildman–Crippen MR) is 61.2 cm³/mol. The van der Waals surface area contributed by atoms with Crippen LogP contribution in [-0.2, 0) is 0 Å². The average Bonchev–Trinajstić information content (AvgIpc) is 2.81. The quantitative estimate of drug-likeness (QED) is 0.851. The van der Waals surface area contributed by atoms with Crippen molar-refractivity contribution >= 4 is 5.97 Å². The lowest BCUT2D eigenvalue weighted by Crippen LogP contribution is -2.05. The average molecular weight is 220 g/mol. The van der Waals surface area contributed by atoms with E-state index in [2.05, 4.69) is 0 Å². The third-order valence-electron chi connectivity index (χ3n) is 3.28. The van der Waals surface area contributed by atoms with Crippen LogP contribution >= 0.6 is 0 Å². The summed E-state index contributed by atoms with van der Waals surface area (Å²) in [6, 6.07) is 5.23. The molecule has 3 nitrogen and oxygen atoms in total. The lowest BCUT2D eigenvalue weighted by Gasteiger charge is -2.14. The third-order valence-corrected chi connectivity index (χ3v) is 3.28. The fourth-order valence-electron chi connectivity index (χ4n) is 2.44. The van der Waals surface area contributed by atoms with Gasteiger partial charge in [-0.25, -0.2) is 4.79 Å². The van der Waals surface area contributed by atoms with Gasteiger partial charge in [0.2, 0.25) is 0 Å². The molecule has 0 unspecified atom stereocenters. The van der Waals surface area contributed by atoms with E-state index < -0.39 is 5.97 Å². The summed E-state index contributed by atoms with van der Waals surface area (Å²) in [5.41, 5.74) is 1.36. The number of aromatic carboxylic acids is 1. The van der Waals surface area contributed by atoms with Crippen molar-refractivity contribution in [2.24, 2.45) is 0 Å². The molecule has 1 aromatic carbocycles. The second-order valence-electron chi connectivity index (χ2n) is 4.24. The van der Waals surface area contributed by atoms with Gasteiger partial charge in [-0.15, -0.1) is 0 Å². The maximum absolute atomic E-state index is 11.1. The van der Waals surface area contributed by atoms with Crippen LogP contribution in [0.15, 0.2) is 18.2 Å². The molecule has 2 rings (SSSR count). The summed E-state index contributed by atoms with van der Waals surface area (Å²) in [7, 11) is 1.61. The van der Waals surface area contributed by atoms with Crippen LogP contribution in [0.25, 0.3) is 0 Å². The topological polar surface area (TPSA) is 46.5 Å². The number of methoxy groups -OCH3 is 1. The predicted octanol–water partition coefficient (Wildman–Crippen LogP) is 3.05. The highest BCUT2D eigenvalue weighted by atomic mass is 16.5. The number of carbonyl (C=O) groups is 1. The molecular weight excluding hydrogens is 204 g/mol. The van der Waals surface area contributed by atoms with Gasteiger partial charge in [-0.3, -0.25) is 0 Å². The Bertz CT molecular complexity index is 392. The monoisotopic (exact) mass is 220 g/mol. The van der Waals surface area contributed by atoms with Gasteiger partial charge in [0.15, 0.2) is 0 Å². The van der Waals surface area contributed by atoms with Gasteiger partial charge >= 0.3 is 5.97 Å². The number of carboxylic acids is 1. The van der Waals surface area contributed by atoms with Crippen LogP contribution in [0, 0.1) is 0 Å². The summed E-state index contributed by atoms with van der Waals surface area (Å²) in [4.78, 5) is 11.1. The van der Waals surface area contributed by atoms with Crippen LogP contribution < -0.4 is 4.74 Å². The highest BCUT2D eigenvalue weighted by Crippen LogP contribution is 2.37. The zero-order chi connectivity index (χ0) is 11.5. The van der Waals surface area contributed by atoms with E-state index in [1.807, 2.05) is 6.07 Å². The smallest absolute Gasteiger partial charge is 0.335 e. The first kappa shape index (κ1) is 11.0. The van der Waals surface area contributed by atoms with Gasteiger partial charge in [0.1, 0.15) is 5.75 Å². The van der Waals surface area contributed by atoms with E-state index in [1.165, 1.54) is 12.8 Å². The van der Waals surface area contributed by atoms with E-state index in [4.69, 9.17) is 9.84 Å².